The highest BCUT2D eigenvalue weighted by Crippen LogP contribution is 2.28. The van der Waals surface area contributed by atoms with E-state index in [1.54, 1.807) is 0 Å². The van der Waals surface area contributed by atoms with Crippen LogP contribution >= 0.6 is 11.6 Å². The Morgan fingerprint density at radius 3 is 2.69 bits per heavy atom. The maximum Gasteiger partial charge on any atom is 0.254 e. The molecule has 0 spiro atoms. The van der Waals surface area contributed by atoms with Crippen molar-refractivity contribution in [2.75, 3.05) is 19.0 Å². The van der Waals surface area contributed by atoms with Crippen molar-refractivity contribution < 1.29 is 9.53 Å². The summed E-state index contributed by atoms with van der Waals surface area (Å²) >= 11 is 5.68. The maximum absolute atomic E-state index is 12.4. The first-order chi connectivity index (χ1) is 7.51. The Labute approximate surface area is 103 Å². The van der Waals surface area contributed by atoms with Gasteiger partial charge in [-0.3, -0.25) is 4.79 Å². The standard InChI is InChI=1S/C12H22ClNO2/c1-10(2)14(8-5-7-13)11(15)12(3)6-4-9-16-12/h10H,4-9H2,1-3H3. The number of ether oxygens (including phenoxy) is 1. The summed E-state index contributed by atoms with van der Waals surface area (Å²) in [6, 6.07) is 0.205. The van der Waals surface area contributed by atoms with E-state index in [1.165, 1.54) is 0 Å². The lowest BCUT2D eigenvalue weighted by Gasteiger charge is -2.33. The SMILES string of the molecule is CC(C)N(CCCCl)C(=O)C1(C)CCCO1. The summed E-state index contributed by atoms with van der Waals surface area (Å²) < 4.78 is 5.59. The Balaban J connectivity index is 2.66. The molecule has 0 aromatic rings. The molecule has 0 aromatic heterocycles. The van der Waals surface area contributed by atoms with Crippen LogP contribution in [0.2, 0.25) is 0 Å². The van der Waals surface area contributed by atoms with Gasteiger partial charge >= 0.3 is 0 Å². The Hall–Kier alpha value is -0.280. The van der Waals surface area contributed by atoms with Gasteiger partial charge in [0.05, 0.1) is 0 Å². The third kappa shape index (κ3) is 3.11. The van der Waals surface area contributed by atoms with E-state index in [4.69, 9.17) is 16.3 Å². The molecule has 94 valence electrons. The first-order valence-electron chi connectivity index (χ1n) is 6.02. The number of amides is 1. The van der Waals surface area contributed by atoms with E-state index < -0.39 is 5.60 Å². The van der Waals surface area contributed by atoms with Crippen LogP contribution in [0.1, 0.15) is 40.0 Å². The largest absolute Gasteiger partial charge is 0.365 e. The molecule has 1 aliphatic rings. The number of halogens is 1. The van der Waals surface area contributed by atoms with Gasteiger partial charge in [-0.25, -0.2) is 0 Å². The minimum Gasteiger partial charge on any atom is -0.365 e. The van der Waals surface area contributed by atoms with Gasteiger partial charge in [-0.05, 0) is 40.0 Å². The van der Waals surface area contributed by atoms with Gasteiger partial charge in [0.1, 0.15) is 5.60 Å². The molecule has 1 heterocycles. The van der Waals surface area contributed by atoms with Gasteiger partial charge in [0.25, 0.3) is 5.91 Å². The monoisotopic (exact) mass is 247 g/mol. The van der Waals surface area contributed by atoms with Crippen molar-refractivity contribution >= 4 is 17.5 Å². The van der Waals surface area contributed by atoms with E-state index in [1.807, 2.05) is 25.7 Å². The fourth-order valence-electron chi connectivity index (χ4n) is 2.08. The molecule has 0 saturated carbocycles. The van der Waals surface area contributed by atoms with Crippen molar-refractivity contribution in [1.29, 1.82) is 0 Å². The minimum absolute atomic E-state index is 0.116. The molecule has 1 fully saturated rings. The van der Waals surface area contributed by atoms with Crippen LogP contribution in [-0.4, -0.2) is 41.5 Å². The molecule has 16 heavy (non-hydrogen) atoms. The molecule has 3 nitrogen and oxygen atoms in total. The van der Waals surface area contributed by atoms with Crippen LogP contribution in [0.25, 0.3) is 0 Å². The fraction of sp³-hybridized carbons (Fsp3) is 0.917. The molecule has 4 heteroatoms. The molecule has 1 amide bonds. The average Bonchev–Trinajstić information content (AvgIpc) is 2.66. The van der Waals surface area contributed by atoms with Gasteiger partial charge in [0.2, 0.25) is 0 Å². The molecule has 0 aromatic carbocycles. The van der Waals surface area contributed by atoms with Gasteiger partial charge in [-0.2, -0.15) is 0 Å². The zero-order valence-electron chi connectivity index (χ0n) is 10.5. The molecule has 1 rings (SSSR count). The number of alkyl halides is 1. The first-order valence-corrected chi connectivity index (χ1v) is 6.55. The second-order valence-corrected chi connectivity index (χ2v) is 5.20. The third-order valence-corrected chi connectivity index (χ3v) is 3.36. The Morgan fingerprint density at radius 1 is 1.56 bits per heavy atom. The fourth-order valence-corrected chi connectivity index (χ4v) is 2.20. The summed E-state index contributed by atoms with van der Waals surface area (Å²) in [5.74, 6) is 0.707. The summed E-state index contributed by atoms with van der Waals surface area (Å²) in [6.07, 6.45) is 2.64. The lowest BCUT2D eigenvalue weighted by molar-refractivity contribution is -0.152. The van der Waals surface area contributed by atoms with Crippen LogP contribution in [0.5, 0.6) is 0 Å². The van der Waals surface area contributed by atoms with E-state index in [0.29, 0.717) is 12.5 Å². The second kappa shape index (κ2) is 5.87. The van der Waals surface area contributed by atoms with Crippen LogP contribution < -0.4 is 0 Å². The van der Waals surface area contributed by atoms with Gasteiger partial charge in [-0.1, -0.05) is 0 Å². The average molecular weight is 248 g/mol. The van der Waals surface area contributed by atoms with Crippen LogP contribution in [0, 0.1) is 0 Å². The quantitative estimate of drug-likeness (QED) is 0.699. The molecule has 1 atom stereocenters. The number of rotatable bonds is 5. The number of nitrogens with zero attached hydrogens (tertiary/aromatic N) is 1. The highest BCUT2D eigenvalue weighted by atomic mass is 35.5. The molecule has 0 bridgehead atoms. The summed E-state index contributed by atoms with van der Waals surface area (Å²) in [6.45, 7) is 7.38. The van der Waals surface area contributed by atoms with E-state index in [0.717, 1.165) is 25.8 Å². The molecule has 0 radical (unpaired) electrons. The van der Waals surface area contributed by atoms with Crippen molar-refractivity contribution in [3.63, 3.8) is 0 Å². The van der Waals surface area contributed by atoms with Gasteiger partial charge in [0, 0.05) is 25.1 Å². The van der Waals surface area contributed by atoms with E-state index in [2.05, 4.69) is 0 Å². The minimum atomic E-state index is -0.601. The predicted octanol–water partition coefficient (Wildman–Crippen LogP) is 2.42. The molecule has 1 saturated heterocycles. The molecular formula is C12H22ClNO2. The van der Waals surface area contributed by atoms with Crippen LogP contribution in [0.15, 0.2) is 0 Å². The van der Waals surface area contributed by atoms with Crippen molar-refractivity contribution in [2.45, 2.75) is 51.7 Å². The summed E-state index contributed by atoms with van der Waals surface area (Å²) in [7, 11) is 0. The van der Waals surface area contributed by atoms with E-state index in [-0.39, 0.29) is 11.9 Å². The van der Waals surface area contributed by atoms with Crippen molar-refractivity contribution in [1.82, 2.24) is 4.90 Å². The smallest absolute Gasteiger partial charge is 0.254 e. The van der Waals surface area contributed by atoms with Crippen LogP contribution in [-0.2, 0) is 9.53 Å². The third-order valence-electron chi connectivity index (χ3n) is 3.09. The normalized spacial score (nSPS) is 25.1. The number of hydrogen-bond acceptors (Lipinski definition) is 2. The number of carbonyl (C=O) groups is 1. The summed E-state index contributed by atoms with van der Waals surface area (Å²) in [4.78, 5) is 14.3. The lowest BCUT2D eigenvalue weighted by atomic mass is 10.00. The molecule has 1 unspecified atom stereocenters. The zero-order chi connectivity index (χ0) is 12.2. The lowest BCUT2D eigenvalue weighted by Crippen LogP contribution is -2.50. The van der Waals surface area contributed by atoms with Gasteiger partial charge < -0.3 is 9.64 Å². The van der Waals surface area contributed by atoms with Crippen molar-refractivity contribution in [3.8, 4) is 0 Å². The maximum atomic E-state index is 12.4. The van der Waals surface area contributed by atoms with Crippen LogP contribution in [0.4, 0.5) is 0 Å². The second-order valence-electron chi connectivity index (χ2n) is 4.82. The molecule has 0 N–H and O–H groups in total. The van der Waals surface area contributed by atoms with Gasteiger partial charge in [0.15, 0.2) is 0 Å². The Kier molecular flexibility index (Phi) is 5.06. The Morgan fingerprint density at radius 2 is 2.25 bits per heavy atom. The summed E-state index contributed by atoms with van der Waals surface area (Å²) in [5.41, 5.74) is -0.601. The van der Waals surface area contributed by atoms with E-state index >= 15 is 0 Å². The highest BCUT2D eigenvalue weighted by Gasteiger charge is 2.41. The predicted molar refractivity (Wildman–Crippen MR) is 65.8 cm³/mol. The highest BCUT2D eigenvalue weighted by molar-refractivity contribution is 6.17. The molecule has 0 aliphatic carbocycles. The number of hydrogen-bond donors (Lipinski definition) is 0. The summed E-state index contributed by atoms with van der Waals surface area (Å²) in [5, 5.41) is 0. The number of carbonyl (C=O) groups excluding carboxylic acids is 1. The Bertz CT molecular complexity index is 237. The van der Waals surface area contributed by atoms with Crippen LogP contribution in [0.3, 0.4) is 0 Å². The van der Waals surface area contributed by atoms with E-state index in [9.17, 15) is 4.79 Å². The topological polar surface area (TPSA) is 29.5 Å². The zero-order valence-corrected chi connectivity index (χ0v) is 11.2. The first kappa shape index (κ1) is 13.8. The van der Waals surface area contributed by atoms with Gasteiger partial charge in [-0.15, -0.1) is 11.6 Å². The van der Waals surface area contributed by atoms with Crippen molar-refractivity contribution in [2.24, 2.45) is 0 Å². The molecule has 1 aliphatic heterocycles. The molecular weight excluding hydrogens is 226 g/mol. The van der Waals surface area contributed by atoms with Crippen molar-refractivity contribution in [3.05, 3.63) is 0 Å².